The highest BCUT2D eigenvalue weighted by Crippen LogP contribution is 2.51. The summed E-state index contributed by atoms with van der Waals surface area (Å²) in [7, 11) is 0. The number of hydrogen-bond acceptors (Lipinski definition) is 4. The van der Waals surface area contributed by atoms with E-state index in [0.29, 0.717) is 27.3 Å². The largest absolute Gasteiger partial charge is 0.480 e. The number of hydrogen-bond donors (Lipinski definition) is 1. The normalized spacial score (nSPS) is 18.8. The maximum atomic E-state index is 14.2. The zero-order valence-electron chi connectivity index (χ0n) is 16.5. The van der Waals surface area contributed by atoms with E-state index in [0.717, 1.165) is 22.4 Å². The molecule has 1 aromatic heterocycles. The van der Waals surface area contributed by atoms with E-state index >= 15 is 0 Å². The number of fused-ring (bicyclic) bond motifs is 3. The lowest BCUT2D eigenvalue weighted by atomic mass is 9.84. The Labute approximate surface area is 193 Å². The lowest BCUT2D eigenvalue weighted by molar-refractivity contribution is 0.222. The third-order valence-corrected chi connectivity index (χ3v) is 6.29. The summed E-state index contributed by atoms with van der Waals surface area (Å²) in [6, 6.07) is 19.1. The zero-order chi connectivity index (χ0) is 21.8. The maximum absolute atomic E-state index is 14.2. The molecule has 1 N–H and O–H groups in total. The molecule has 0 bridgehead atoms. The van der Waals surface area contributed by atoms with Gasteiger partial charge in [-0.25, -0.2) is 9.07 Å². The quantitative estimate of drug-likeness (QED) is 0.379. The van der Waals surface area contributed by atoms with E-state index in [4.69, 9.17) is 27.9 Å². The van der Waals surface area contributed by atoms with Crippen LogP contribution in [0, 0.1) is 5.82 Å². The highest BCUT2D eigenvalue weighted by molar-refractivity contribution is 6.35. The Morgan fingerprint density at radius 1 is 1.00 bits per heavy atom. The van der Waals surface area contributed by atoms with E-state index in [-0.39, 0.29) is 5.82 Å². The molecular formula is C24H15Cl2FN4O. The Hall–Kier alpha value is -3.35. The van der Waals surface area contributed by atoms with E-state index in [1.165, 1.54) is 18.5 Å². The number of para-hydroxylation sites is 1. The molecule has 5 nitrogen and oxygen atoms in total. The van der Waals surface area contributed by atoms with Gasteiger partial charge in [0.15, 0.2) is 0 Å². The van der Waals surface area contributed by atoms with Crippen LogP contribution in [-0.2, 0) is 0 Å². The third-order valence-electron chi connectivity index (χ3n) is 5.73. The minimum absolute atomic E-state index is 0.335. The molecular weight excluding hydrogens is 450 g/mol. The van der Waals surface area contributed by atoms with Crippen LogP contribution in [0.3, 0.4) is 0 Å². The minimum atomic E-state index is -0.572. The molecule has 3 heterocycles. The van der Waals surface area contributed by atoms with E-state index in [1.807, 2.05) is 36.4 Å². The molecule has 2 atom stereocenters. The van der Waals surface area contributed by atoms with Gasteiger partial charge in [-0.3, -0.25) is 0 Å². The van der Waals surface area contributed by atoms with Crippen LogP contribution < -0.4 is 10.1 Å². The maximum Gasteiger partial charge on any atom is 0.226 e. The van der Waals surface area contributed by atoms with Gasteiger partial charge in [0.1, 0.15) is 30.0 Å². The molecule has 158 valence electrons. The minimum Gasteiger partial charge on any atom is -0.480 e. The average Bonchev–Trinajstić information content (AvgIpc) is 3.26. The van der Waals surface area contributed by atoms with E-state index in [2.05, 4.69) is 15.4 Å². The lowest BCUT2D eigenvalue weighted by Crippen LogP contribution is -2.32. The monoisotopic (exact) mass is 464 g/mol. The van der Waals surface area contributed by atoms with Gasteiger partial charge in [-0.2, -0.15) is 10.1 Å². The fraction of sp³-hybridized carbons (Fsp3) is 0.0833. The second-order valence-corrected chi connectivity index (χ2v) is 8.44. The van der Waals surface area contributed by atoms with Crippen molar-refractivity contribution >= 4 is 34.8 Å². The predicted molar refractivity (Wildman–Crippen MR) is 121 cm³/mol. The number of ether oxygens (including phenoxy) is 1. The first-order valence-corrected chi connectivity index (χ1v) is 10.7. The van der Waals surface area contributed by atoms with Crippen molar-refractivity contribution in [3.63, 3.8) is 0 Å². The summed E-state index contributed by atoms with van der Waals surface area (Å²) in [5.74, 6) is 0.940. The molecule has 6 rings (SSSR count). The highest BCUT2D eigenvalue weighted by Gasteiger charge is 2.41. The van der Waals surface area contributed by atoms with Gasteiger partial charge in [0.25, 0.3) is 0 Å². The first kappa shape index (κ1) is 19.3. The molecule has 0 saturated carbocycles. The van der Waals surface area contributed by atoms with Crippen LogP contribution in [0.25, 0.3) is 5.70 Å². The number of halogens is 3. The first-order valence-electron chi connectivity index (χ1n) is 9.97. The molecule has 2 aliphatic rings. The number of nitrogens with zero attached hydrogens (tertiary/aromatic N) is 3. The molecule has 8 heteroatoms. The van der Waals surface area contributed by atoms with Gasteiger partial charge in [0.2, 0.25) is 5.95 Å². The van der Waals surface area contributed by atoms with Gasteiger partial charge < -0.3 is 10.1 Å². The van der Waals surface area contributed by atoms with Gasteiger partial charge >= 0.3 is 0 Å². The van der Waals surface area contributed by atoms with Crippen molar-refractivity contribution < 1.29 is 9.13 Å². The molecule has 0 radical (unpaired) electrons. The summed E-state index contributed by atoms with van der Waals surface area (Å²) in [4.78, 5) is 4.39. The summed E-state index contributed by atoms with van der Waals surface area (Å²) >= 11 is 12.8. The van der Waals surface area contributed by atoms with E-state index in [1.54, 1.807) is 22.9 Å². The summed E-state index contributed by atoms with van der Waals surface area (Å²) in [5.41, 5.74) is 4.07. The zero-order valence-corrected chi connectivity index (χ0v) is 18.0. The van der Waals surface area contributed by atoms with Crippen LogP contribution >= 0.6 is 23.2 Å². The second kappa shape index (κ2) is 7.36. The van der Waals surface area contributed by atoms with Crippen LogP contribution in [0.1, 0.15) is 28.8 Å². The van der Waals surface area contributed by atoms with Gasteiger partial charge in [-0.15, -0.1) is 0 Å². The van der Waals surface area contributed by atoms with Gasteiger partial charge in [-0.1, -0.05) is 53.5 Å². The van der Waals surface area contributed by atoms with Crippen LogP contribution in [-0.4, -0.2) is 14.8 Å². The molecule has 0 aliphatic carbocycles. The molecule has 3 aromatic carbocycles. The Balaban J connectivity index is 1.65. The lowest BCUT2D eigenvalue weighted by Gasteiger charge is -2.39. The Bertz CT molecular complexity index is 1400. The molecule has 32 heavy (non-hydrogen) atoms. The van der Waals surface area contributed by atoms with Crippen LogP contribution in [0.2, 0.25) is 10.0 Å². The van der Waals surface area contributed by atoms with Crippen molar-refractivity contribution in [2.24, 2.45) is 0 Å². The van der Waals surface area contributed by atoms with Crippen LogP contribution in [0.15, 0.2) is 78.6 Å². The number of rotatable bonds is 2. The topological polar surface area (TPSA) is 52.0 Å². The third kappa shape index (κ3) is 2.98. The molecule has 4 aromatic rings. The van der Waals surface area contributed by atoms with Crippen molar-refractivity contribution in [2.45, 2.75) is 12.1 Å². The molecule has 0 saturated heterocycles. The summed E-state index contributed by atoms with van der Waals surface area (Å²) in [6.07, 6.45) is 0.916. The summed E-state index contributed by atoms with van der Waals surface area (Å²) in [5, 5.41) is 8.89. The highest BCUT2D eigenvalue weighted by atomic mass is 35.5. The number of benzene rings is 3. The summed E-state index contributed by atoms with van der Waals surface area (Å²) in [6.45, 7) is 0. The van der Waals surface area contributed by atoms with Crippen LogP contribution in [0.4, 0.5) is 10.3 Å². The van der Waals surface area contributed by atoms with Crippen LogP contribution in [0.5, 0.6) is 5.75 Å². The molecule has 0 fully saturated rings. The standard InChI is InChI=1S/C24H15Cl2FN4O/c25-14-8-9-16(18(26)11-14)22-20-21(30-24-28-12-29-31(22)24)17-6-1-2-7-19(17)32-23(20)13-4-3-5-15(27)10-13/h1-12,22-23H,(H,28,29,30)/t22-,23+/m0/s1. The van der Waals surface area contributed by atoms with Gasteiger partial charge in [0, 0.05) is 21.2 Å². The Morgan fingerprint density at radius 2 is 1.88 bits per heavy atom. The van der Waals surface area contributed by atoms with Crippen molar-refractivity contribution in [1.29, 1.82) is 0 Å². The molecule has 2 aliphatic heterocycles. The van der Waals surface area contributed by atoms with Crippen molar-refractivity contribution in [2.75, 3.05) is 5.32 Å². The predicted octanol–water partition coefficient (Wildman–Crippen LogP) is 6.28. The second-order valence-electron chi connectivity index (χ2n) is 7.60. The summed E-state index contributed by atoms with van der Waals surface area (Å²) < 4.78 is 22.4. The number of aromatic nitrogens is 3. The van der Waals surface area contributed by atoms with E-state index in [9.17, 15) is 4.39 Å². The molecule has 0 unspecified atom stereocenters. The first-order chi connectivity index (χ1) is 15.6. The Kier molecular flexibility index (Phi) is 4.45. The number of nitrogens with one attached hydrogen (secondary N) is 1. The van der Waals surface area contributed by atoms with E-state index < -0.39 is 12.1 Å². The van der Waals surface area contributed by atoms with Crippen molar-refractivity contribution in [1.82, 2.24) is 14.8 Å². The van der Waals surface area contributed by atoms with Crippen molar-refractivity contribution in [3.05, 3.63) is 111 Å². The fourth-order valence-corrected chi connectivity index (χ4v) is 4.90. The molecule has 0 amide bonds. The number of anilines is 1. The Morgan fingerprint density at radius 3 is 2.72 bits per heavy atom. The van der Waals surface area contributed by atoms with Gasteiger partial charge in [0.05, 0.1) is 5.70 Å². The van der Waals surface area contributed by atoms with Gasteiger partial charge in [-0.05, 0) is 47.5 Å². The smallest absolute Gasteiger partial charge is 0.226 e. The van der Waals surface area contributed by atoms with Crippen molar-refractivity contribution in [3.8, 4) is 5.75 Å². The SMILES string of the molecule is Fc1cccc([C@H]2Oc3ccccc3C3=C2[C@H](c2ccc(Cl)cc2Cl)n2ncnc2N3)c1. The fourth-order valence-electron chi connectivity index (χ4n) is 4.38. The molecule has 0 spiro atoms. The average molecular weight is 465 g/mol.